The highest BCUT2D eigenvalue weighted by Gasteiger charge is 2.47. The van der Waals surface area contributed by atoms with Gasteiger partial charge in [0.1, 0.15) is 5.82 Å². The number of hydrogen-bond donors (Lipinski definition) is 2. The topological polar surface area (TPSA) is 95.2 Å². The Bertz CT molecular complexity index is 1200. The zero-order valence-corrected chi connectivity index (χ0v) is 19.1. The molecule has 2 N–H and O–H groups in total. The first-order valence-corrected chi connectivity index (χ1v) is 10.5. The second-order valence-corrected chi connectivity index (χ2v) is 8.03. The standard InChI is InChI=1S/C22H25F3N6O3/c1-12-14(11-27-30(12)2)10-26-21(32)16-9-20-28-15(8-19(22(23,24)25)31(20)29-16)13-5-6-17(33-3)18(7-13)34-4/h5-7,9,11,15,19,28H,8,10H2,1-4H3,(H,26,32)/t15-,19-/m0/s1. The number of carbonyl (C=O) groups excluding carboxylic acids is 1. The summed E-state index contributed by atoms with van der Waals surface area (Å²) in [6, 6.07) is 3.72. The maximum absolute atomic E-state index is 14.0. The van der Waals surface area contributed by atoms with Gasteiger partial charge < -0.3 is 20.1 Å². The smallest absolute Gasteiger partial charge is 0.410 e. The van der Waals surface area contributed by atoms with Crippen LogP contribution in [0.2, 0.25) is 0 Å². The van der Waals surface area contributed by atoms with Crippen molar-refractivity contribution in [2.24, 2.45) is 7.05 Å². The predicted octanol–water partition coefficient (Wildman–Crippen LogP) is 3.53. The van der Waals surface area contributed by atoms with Crippen LogP contribution in [0.1, 0.15) is 45.8 Å². The summed E-state index contributed by atoms with van der Waals surface area (Å²) in [5, 5.41) is 13.9. The fourth-order valence-electron chi connectivity index (χ4n) is 3.96. The Balaban J connectivity index is 1.60. The van der Waals surface area contributed by atoms with Crippen LogP contribution in [-0.4, -0.2) is 45.9 Å². The lowest BCUT2D eigenvalue weighted by Crippen LogP contribution is -2.35. The molecule has 0 saturated heterocycles. The largest absolute Gasteiger partial charge is 0.493 e. The molecule has 4 rings (SSSR count). The summed E-state index contributed by atoms with van der Waals surface area (Å²) < 4.78 is 54.9. The van der Waals surface area contributed by atoms with Gasteiger partial charge in [-0.15, -0.1) is 0 Å². The summed E-state index contributed by atoms with van der Waals surface area (Å²) in [7, 11) is 4.72. The number of halogens is 3. The molecule has 0 spiro atoms. The summed E-state index contributed by atoms with van der Waals surface area (Å²) in [5.74, 6) is 0.420. The molecule has 12 heteroatoms. The molecule has 2 aromatic heterocycles. The molecule has 0 aliphatic carbocycles. The molecule has 34 heavy (non-hydrogen) atoms. The average molecular weight is 478 g/mol. The number of rotatable bonds is 6. The summed E-state index contributed by atoms with van der Waals surface area (Å²) in [5.41, 5.74) is 2.17. The molecular formula is C22H25F3N6O3. The first kappa shape index (κ1) is 23.5. The number of fused-ring (bicyclic) bond motifs is 1. The van der Waals surface area contributed by atoms with Gasteiger partial charge in [0, 0.05) is 37.3 Å². The molecule has 0 saturated carbocycles. The lowest BCUT2D eigenvalue weighted by molar-refractivity contribution is -0.173. The highest BCUT2D eigenvalue weighted by molar-refractivity contribution is 5.93. The SMILES string of the molecule is COc1ccc([C@@H]2C[C@@H](C(F)(F)F)n3nc(C(=O)NCc4cnn(C)c4C)cc3N2)cc1OC. The van der Waals surface area contributed by atoms with Crippen molar-refractivity contribution in [1.29, 1.82) is 0 Å². The Morgan fingerprint density at radius 3 is 2.59 bits per heavy atom. The number of amides is 1. The van der Waals surface area contributed by atoms with Crippen molar-refractivity contribution in [3.63, 3.8) is 0 Å². The van der Waals surface area contributed by atoms with Crippen molar-refractivity contribution in [1.82, 2.24) is 24.9 Å². The van der Waals surface area contributed by atoms with E-state index in [-0.39, 0.29) is 24.5 Å². The molecule has 0 bridgehead atoms. The van der Waals surface area contributed by atoms with Crippen LogP contribution in [0.15, 0.2) is 30.5 Å². The number of nitrogens with one attached hydrogen (secondary N) is 2. The van der Waals surface area contributed by atoms with Crippen LogP contribution in [-0.2, 0) is 13.6 Å². The minimum Gasteiger partial charge on any atom is -0.493 e. The zero-order chi connectivity index (χ0) is 24.6. The molecule has 1 amide bonds. The summed E-state index contributed by atoms with van der Waals surface area (Å²) in [6.07, 6.45) is -3.23. The van der Waals surface area contributed by atoms with E-state index in [4.69, 9.17) is 9.47 Å². The lowest BCUT2D eigenvalue weighted by atomic mass is 9.96. The third-order valence-electron chi connectivity index (χ3n) is 6.01. The third kappa shape index (κ3) is 4.39. The summed E-state index contributed by atoms with van der Waals surface area (Å²) in [4.78, 5) is 12.7. The normalized spacial score (nSPS) is 17.6. The molecule has 182 valence electrons. The van der Waals surface area contributed by atoms with Crippen molar-refractivity contribution in [3.05, 3.63) is 53.0 Å². The van der Waals surface area contributed by atoms with E-state index in [0.29, 0.717) is 17.1 Å². The molecule has 1 aliphatic heterocycles. The second kappa shape index (κ2) is 8.92. The van der Waals surface area contributed by atoms with Gasteiger partial charge in [0.15, 0.2) is 23.2 Å². The minimum atomic E-state index is -4.56. The van der Waals surface area contributed by atoms with Crippen LogP contribution in [0.4, 0.5) is 19.0 Å². The van der Waals surface area contributed by atoms with Gasteiger partial charge in [0.2, 0.25) is 0 Å². The second-order valence-electron chi connectivity index (χ2n) is 8.03. The van der Waals surface area contributed by atoms with Crippen LogP contribution in [0.25, 0.3) is 0 Å². The lowest BCUT2D eigenvalue weighted by Gasteiger charge is -2.33. The van der Waals surface area contributed by atoms with E-state index < -0.39 is 24.2 Å². The first-order valence-electron chi connectivity index (χ1n) is 10.5. The number of hydrogen-bond acceptors (Lipinski definition) is 6. The number of benzene rings is 1. The van der Waals surface area contributed by atoms with E-state index in [1.165, 1.54) is 20.3 Å². The number of aromatic nitrogens is 4. The van der Waals surface area contributed by atoms with Crippen molar-refractivity contribution in [2.75, 3.05) is 19.5 Å². The van der Waals surface area contributed by atoms with E-state index in [2.05, 4.69) is 20.8 Å². The van der Waals surface area contributed by atoms with E-state index in [1.807, 2.05) is 6.92 Å². The van der Waals surface area contributed by atoms with Crippen molar-refractivity contribution in [3.8, 4) is 11.5 Å². The van der Waals surface area contributed by atoms with Crippen LogP contribution < -0.4 is 20.1 Å². The van der Waals surface area contributed by atoms with Crippen LogP contribution in [0.5, 0.6) is 11.5 Å². The number of carbonyl (C=O) groups is 1. The number of anilines is 1. The Morgan fingerprint density at radius 2 is 1.97 bits per heavy atom. The number of alkyl halides is 3. The van der Waals surface area contributed by atoms with Gasteiger partial charge in [-0.3, -0.25) is 9.48 Å². The quantitative estimate of drug-likeness (QED) is 0.563. The first-order chi connectivity index (χ1) is 16.1. The van der Waals surface area contributed by atoms with E-state index in [9.17, 15) is 18.0 Å². The predicted molar refractivity (Wildman–Crippen MR) is 117 cm³/mol. The third-order valence-corrected chi connectivity index (χ3v) is 6.01. The number of nitrogens with zero attached hydrogens (tertiary/aromatic N) is 4. The van der Waals surface area contributed by atoms with E-state index in [1.54, 1.807) is 36.1 Å². The van der Waals surface area contributed by atoms with Gasteiger partial charge in [0.05, 0.1) is 26.5 Å². The molecule has 0 unspecified atom stereocenters. The molecule has 0 fully saturated rings. The van der Waals surface area contributed by atoms with Gasteiger partial charge in [0.25, 0.3) is 5.91 Å². The van der Waals surface area contributed by atoms with Crippen molar-refractivity contribution < 1.29 is 27.4 Å². The molecule has 2 atom stereocenters. The number of aryl methyl sites for hydroxylation is 1. The molecule has 3 heterocycles. The Hall–Kier alpha value is -3.70. The maximum Gasteiger partial charge on any atom is 0.410 e. The average Bonchev–Trinajstić information content (AvgIpc) is 3.39. The fourth-order valence-corrected chi connectivity index (χ4v) is 3.96. The van der Waals surface area contributed by atoms with E-state index >= 15 is 0 Å². The highest BCUT2D eigenvalue weighted by atomic mass is 19.4. The van der Waals surface area contributed by atoms with Gasteiger partial charge in [-0.05, 0) is 24.6 Å². The fraction of sp³-hybridized carbons (Fsp3) is 0.409. The molecule has 9 nitrogen and oxygen atoms in total. The van der Waals surface area contributed by atoms with Crippen LogP contribution >= 0.6 is 0 Å². The van der Waals surface area contributed by atoms with E-state index in [0.717, 1.165) is 15.9 Å². The van der Waals surface area contributed by atoms with Gasteiger partial charge >= 0.3 is 6.18 Å². The number of methoxy groups -OCH3 is 2. The highest BCUT2D eigenvalue weighted by Crippen LogP contribution is 2.44. The number of ether oxygens (including phenoxy) is 2. The molecule has 1 aliphatic rings. The molecule has 1 aromatic carbocycles. The Kier molecular flexibility index (Phi) is 6.15. The Labute approximate surface area is 193 Å². The van der Waals surface area contributed by atoms with Gasteiger partial charge in [-0.1, -0.05) is 6.07 Å². The molecular weight excluding hydrogens is 453 g/mol. The molecule has 0 radical (unpaired) electrons. The van der Waals surface area contributed by atoms with Crippen molar-refractivity contribution in [2.45, 2.75) is 38.1 Å². The van der Waals surface area contributed by atoms with Gasteiger partial charge in [-0.2, -0.15) is 23.4 Å². The Morgan fingerprint density at radius 1 is 1.24 bits per heavy atom. The van der Waals surface area contributed by atoms with Crippen LogP contribution in [0, 0.1) is 6.92 Å². The monoisotopic (exact) mass is 478 g/mol. The molecule has 3 aromatic rings. The zero-order valence-electron chi connectivity index (χ0n) is 19.1. The van der Waals surface area contributed by atoms with Crippen LogP contribution in [0.3, 0.4) is 0 Å². The maximum atomic E-state index is 14.0. The minimum absolute atomic E-state index is 0.105. The van der Waals surface area contributed by atoms with Crippen molar-refractivity contribution >= 4 is 11.7 Å². The summed E-state index contributed by atoms with van der Waals surface area (Å²) >= 11 is 0. The van der Waals surface area contributed by atoms with Gasteiger partial charge in [-0.25, -0.2) is 4.68 Å². The summed E-state index contributed by atoms with van der Waals surface area (Å²) in [6.45, 7) is 2.04.